The Morgan fingerprint density at radius 1 is 1.57 bits per heavy atom. The molecule has 4 nitrogen and oxygen atoms in total. The fraction of sp³-hybridized carbons (Fsp3) is 0.286. The van der Waals surface area contributed by atoms with Crippen molar-refractivity contribution in [2.75, 3.05) is 5.75 Å². The van der Waals surface area contributed by atoms with Crippen molar-refractivity contribution in [3.8, 4) is 0 Å². The van der Waals surface area contributed by atoms with Gasteiger partial charge in [-0.3, -0.25) is 4.79 Å². The van der Waals surface area contributed by atoms with Gasteiger partial charge in [-0.2, -0.15) is 0 Å². The molecule has 0 aliphatic rings. The Bertz CT molecular complexity index is 700. The first-order chi connectivity index (χ1) is 9.95. The second-order valence-corrected chi connectivity index (χ2v) is 5.49. The average Bonchev–Trinajstić information content (AvgIpc) is 2.80. The number of hydrogen-bond acceptors (Lipinski definition) is 3. The van der Waals surface area contributed by atoms with Crippen LogP contribution in [0.2, 0.25) is 0 Å². The molecule has 0 saturated heterocycles. The third kappa shape index (κ3) is 3.07. The number of aliphatic carboxylic acids is 1. The van der Waals surface area contributed by atoms with Gasteiger partial charge in [-0.15, -0.1) is 6.58 Å². The predicted octanol–water partition coefficient (Wildman–Crippen LogP) is 3.63. The summed E-state index contributed by atoms with van der Waals surface area (Å²) < 4.78 is 29.1. The van der Waals surface area contributed by atoms with Gasteiger partial charge in [0.05, 0.1) is 11.3 Å². The summed E-state index contributed by atoms with van der Waals surface area (Å²) in [5, 5.41) is 9.13. The lowest BCUT2D eigenvalue weighted by Crippen LogP contribution is -2.08. The fourth-order valence-electron chi connectivity index (χ4n) is 2.09. The van der Waals surface area contributed by atoms with Crippen molar-refractivity contribution in [3.63, 3.8) is 0 Å². The molecule has 1 heterocycles. The van der Waals surface area contributed by atoms with Crippen molar-refractivity contribution in [1.29, 1.82) is 0 Å². The number of carboxylic acid groups (broad SMARTS) is 1. The molecular formula is C14H14F2N2O2S. The number of benzene rings is 1. The molecule has 1 N–H and O–H groups in total. The van der Waals surface area contributed by atoms with E-state index in [1.807, 2.05) is 6.92 Å². The van der Waals surface area contributed by atoms with Crippen LogP contribution in [0.1, 0.15) is 19.4 Å². The number of carbonyl (C=O) groups is 1. The van der Waals surface area contributed by atoms with Crippen LogP contribution in [0.5, 0.6) is 0 Å². The van der Waals surface area contributed by atoms with Gasteiger partial charge < -0.3 is 9.67 Å². The molecule has 0 spiro atoms. The Morgan fingerprint density at radius 3 is 2.90 bits per heavy atom. The van der Waals surface area contributed by atoms with Gasteiger partial charge in [0, 0.05) is 6.04 Å². The van der Waals surface area contributed by atoms with Crippen molar-refractivity contribution >= 4 is 28.8 Å². The molecule has 1 unspecified atom stereocenters. The van der Waals surface area contributed by atoms with E-state index in [1.54, 1.807) is 6.08 Å². The van der Waals surface area contributed by atoms with Crippen LogP contribution in [0.15, 0.2) is 29.9 Å². The quantitative estimate of drug-likeness (QED) is 0.654. The number of halogens is 2. The summed E-state index contributed by atoms with van der Waals surface area (Å²) in [6.45, 7) is 5.45. The van der Waals surface area contributed by atoms with Gasteiger partial charge in [-0.05, 0) is 25.5 Å². The Morgan fingerprint density at radius 2 is 2.29 bits per heavy atom. The number of nitrogens with zero attached hydrogens (tertiary/aromatic N) is 2. The monoisotopic (exact) mass is 312 g/mol. The molecule has 0 aliphatic carbocycles. The lowest BCUT2D eigenvalue weighted by Gasteiger charge is -2.15. The second-order valence-electron chi connectivity index (χ2n) is 4.55. The van der Waals surface area contributed by atoms with Crippen LogP contribution >= 0.6 is 11.8 Å². The number of imidazole rings is 1. The Balaban J connectivity index is 2.61. The summed E-state index contributed by atoms with van der Waals surface area (Å²) in [5.41, 5.74) is 0.356. The molecule has 0 saturated carbocycles. The maximum Gasteiger partial charge on any atom is 0.313 e. The van der Waals surface area contributed by atoms with Crippen molar-refractivity contribution in [2.24, 2.45) is 0 Å². The zero-order valence-corrected chi connectivity index (χ0v) is 12.2. The summed E-state index contributed by atoms with van der Waals surface area (Å²) in [5.74, 6) is -3.13. The van der Waals surface area contributed by atoms with E-state index in [1.165, 1.54) is 10.6 Å². The lowest BCUT2D eigenvalue weighted by atomic mass is 10.2. The minimum absolute atomic E-state index is 0.0530. The smallest absolute Gasteiger partial charge is 0.313 e. The maximum absolute atomic E-state index is 14.1. The third-order valence-corrected chi connectivity index (χ3v) is 3.92. The van der Waals surface area contributed by atoms with E-state index in [0.717, 1.165) is 17.8 Å². The largest absolute Gasteiger partial charge is 0.481 e. The molecule has 0 aliphatic heterocycles. The van der Waals surface area contributed by atoms with Crippen molar-refractivity contribution in [1.82, 2.24) is 9.55 Å². The van der Waals surface area contributed by atoms with E-state index >= 15 is 0 Å². The number of hydrogen-bond donors (Lipinski definition) is 1. The molecule has 1 aromatic heterocycles. The summed E-state index contributed by atoms with van der Waals surface area (Å²) in [6, 6.07) is 2.19. The van der Waals surface area contributed by atoms with E-state index in [4.69, 9.17) is 5.11 Å². The van der Waals surface area contributed by atoms with Crippen LogP contribution in [-0.4, -0.2) is 26.4 Å². The molecule has 1 aromatic carbocycles. The average molecular weight is 312 g/mol. The van der Waals surface area contributed by atoms with Crippen LogP contribution in [0, 0.1) is 11.6 Å². The SMILES string of the molecule is C=CCC(C)n1c(SCC(=O)O)nc2ccc(F)c(F)c21. The molecule has 21 heavy (non-hydrogen) atoms. The van der Waals surface area contributed by atoms with Crippen molar-refractivity contribution in [2.45, 2.75) is 24.5 Å². The van der Waals surface area contributed by atoms with Gasteiger partial charge in [0.15, 0.2) is 16.8 Å². The summed E-state index contributed by atoms with van der Waals surface area (Å²) in [6.07, 6.45) is 2.20. The normalized spacial score (nSPS) is 12.5. The Kier molecular flexibility index (Phi) is 4.62. The lowest BCUT2D eigenvalue weighted by molar-refractivity contribution is -0.133. The molecule has 2 rings (SSSR count). The molecular weight excluding hydrogens is 298 g/mol. The van der Waals surface area contributed by atoms with E-state index < -0.39 is 17.6 Å². The molecule has 1 atom stereocenters. The number of carboxylic acids is 1. The van der Waals surface area contributed by atoms with Crippen LogP contribution < -0.4 is 0 Å². The van der Waals surface area contributed by atoms with Crippen LogP contribution in [-0.2, 0) is 4.79 Å². The number of aromatic nitrogens is 2. The number of allylic oxidation sites excluding steroid dienone is 1. The Hall–Kier alpha value is -1.89. The van der Waals surface area contributed by atoms with Gasteiger partial charge in [-0.25, -0.2) is 13.8 Å². The first-order valence-electron chi connectivity index (χ1n) is 6.27. The zero-order valence-electron chi connectivity index (χ0n) is 11.3. The first kappa shape index (κ1) is 15.5. The van der Waals surface area contributed by atoms with E-state index in [-0.39, 0.29) is 17.3 Å². The van der Waals surface area contributed by atoms with E-state index in [9.17, 15) is 13.6 Å². The maximum atomic E-state index is 14.1. The van der Waals surface area contributed by atoms with Gasteiger partial charge in [-0.1, -0.05) is 17.8 Å². The van der Waals surface area contributed by atoms with Crippen molar-refractivity contribution in [3.05, 3.63) is 36.4 Å². The number of fused-ring (bicyclic) bond motifs is 1. The Labute approximate surface area is 124 Å². The van der Waals surface area contributed by atoms with Gasteiger partial charge in [0.25, 0.3) is 0 Å². The standard InChI is InChI=1S/C14H14F2N2O2S/c1-3-4-8(2)18-13-10(6-5-9(15)12(13)16)17-14(18)21-7-11(19)20/h3,5-6,8H,1,4,7H2,2H3,(H,19,20). The highest BCUT2D eigenvalue weighted by Crippen LogP contribution is 2.31. The molecule has 7 heteroatoms. The highest BCUT2D eigenvalue weighted by molar-refractivity contribution is 7.99. The zero-order chi connectivity index (χ0) is 15.6. The highest BCUT2D eigenvalue weighted by Gasteiger charge is 2.21. The molecule has 0 amide bonds. The van der Waals surface area contributed by atoms with Crippen LogP contribution in [0.25, 0.3) is 11.0 Å². The highest BCUT2D eigenvalue weighted by atomic mass is 32.2. The third-order valence-electron chi connectivity index (χ3n) is 2.98. The second kappa shape index (κ2) is 6.26. The van der Waals surface area contributed by atoms with Gasteiger partial charge in [0.1, 0.15) is 5.52 Å². The first-order valence-corrected chi connectivity index (χ1v) is 7.25. The minimum atomic E-state index is -0.998. The van der Waals surface area contributed by atoms with Gasteiger partial charge in [0.2, 0.25) is 0 Å². The fourth-order valence-corrected chi connectivity index (χ4v) is 2.91. The predicted molar refractivity (Wildman–Crippen MR) is 77.5 cm³/mol. The summed E-state index contributed by atoms with van der Waals surface area (Å²) in [4.78, 5) is 14.9. The summed E-state index contributed by atoms with van der Waals surface area (Å²) >= 11 is 0.979. The van der Waals surface area contributed by atoms with Crippen LogP contribution in [0.4, 0.5) is 8.78 Å². The topological polar surface area (TPSA) is 55.1 Å². The van der Waals surface area contributed by atoms with Crippen LogP contribution in [0.3, 0.4) is 0 Å². The number of rotatable bonds is 6. The van der Waals surface area contributed by atoms with Crippen molar-refractivity contribution < 1.29 is 18.7 Å². The van der Waals surface area contributed by atoms with E-state index in [0.29, 0.717) is 17.1 Å². The minimum Gasteiger partial charge on any atom is -0.481 e. The molecule has 2 aromatic rings. The van der Waals surface area contributed by atoms with Gasteiger partial charge >= 0.3 is 5.97 Å². The van der Waals surface area contributed by atoms with E-state index in [2.05, 4.69) is 11.6 Å². The molecule has 112 valence electrons. The molecule has 0 radical (unpaired) electrons. The number of thioether (sulfide) groups is 1. The molecule has 0 fully saturated rings. The molecule has 0 bridgehead atoms. The summed E-state index contributed by atoms with van der Waals surface area (Å²) in [7, 11) is 0.